The van der Waals surface area contributed by atoms with E-state index in [1.54, 1.807) is 0 Å². The fourth-order valence-corrected chi connectivity index (χ4v) is 2.77. The molecule has 2 N–H and O–H groups in total. The summed E-state index contributed by atoms with van der Waals surface area (Å²) in [5.41, 5.74) is 2.53. The normalized spacial score (nSPS) is 22.9. The SMILES string of the molecule is CC1(CNC(=O)O)CCc2cc(Br)ccc21. The molecule has 0 bridgehead atoms. The molecule has 86 valence electrons. The summed E-state index contributed by atoms with van der Waals surface area (Å²) in [5, 5.41) is 11.2. The van der Waals surface area contributed by atoms with E-state index in [4.69, 9.17) is 5.11 Å². The summed E-state index contributed by atoms with van der Waals surface area (Å²) in [6.45, 7) is 2.60. The van der Waals surface area contributed by atoms with Gasteiger partial charge in [-0.2, -0.15) is 0 Å². The Balaban J connectivity index is 2.24. The lowest BCUT2D eigenvalue weighted by molar-refractivity contribution is 0.191. The predicted molar refractivity (Wildman–Crippen MR) is 65.8 cm³/mol. The summed E-state index contributed by atoms with van der Waals surface area (Å²) < 4.78 is 1.08. The molecule has 1 aliphatic rings. The van der Waals surface area contributed by atoms with Crippen LogP contribution in [0, 0.1) is 0 Å². The number of halogens is 1. The Hall–Kier alpha value is -1.03. The second kappa shape index (κ2) is 4.09. The molecule has 2 rings (SSSR count). The van der Waals surface area contributed by atoms with E-state index in [0.29, 0.717) is 6.54 Å². The van der Waals surface area contributed by atoms with Gasteiger partial charge >= 0.3 is 6.09 Å². The van der Waals surface area contributed by atoms with Crippen LogP contribution in [0.1, 0.15) is 24.5 Å². The number of aryl methyl sites for hydroxylation is 1. The van der Waals surface area contributed by atoms with E-state index in [-0.39, 0.29) is 5.41 Å². The quantitative estimate of drug-likeness (QED) is 0.877. The smallest absolute Gasteiger partial charge is 0.404 e. The number of nitrogens with one attached hydrogen (secondary N) is 1. The van der Waals surface area contributed by atoms with Crippen LogP contribution in [0.4, 0.5) is 4.79 Å². The molecular weight excluding hydrogens is 270 g/mol. The number of carbonyl (C=O) groups is 1. The van der Waals surface area contributed by atoms with Gasteiger partial charge in [0.2, 0.25) is 0 Å². The molecule has 0 spiro atoms. The molecule has 1 atom stereocenters. The molecule has 0 aliphatic heterocycles. The minimum absolute atomic E-state index is 0.0611. The lowest BCUT2D eigenvalue weighted by Crippen LogP contribution is -2.36. The van der Waals surface area contributed by atoms with Crippen LogP contribution in [-0.2, 0) is 11.8 Å². The van der Waals surface area contributed by atoms with Gasteiger partial charge in [-0.25, -0.2) is 4.79 Å². The Morgan fingerprint density at radius 3 is 3.06 bits per heavy atom. The van der Waals surface area contributed by atoms with Crippen molar-refractivity contribution in [3.63, 3.8) is 0 Å². The second-order valence-electron chi connectivity index (χ2n) is 4.52. The van der Waals surface area contributed by atoms with Crippen molar-refractivity contribution < 1.29 is 9.90 Å². The van der Waals surface area contributed by atoms with Gasteiger partial charge in [-0.15, -0.1) is 0 Å². The molecule has 1 aromatic carbocycles. The summed E-state index contributed by atoms with van der Waals surface area (Å²) >= 11 is 3.45. The number of benzene rings is 1. The number of hydrogen-bond donors (Lipinski definition) is 2. The maximum Gasteiger partial charge on any atom is 0.404 e. The third-order valence-electron chi connectivity index (χ3n) is 3.29. The van der Waals surface area contributed by atoms with Crippen LogP contribution in [0.2, 0.25) is 0 Å². The monoisotopic (exact) mass is 283 g/mol. The predicted octanol–water partition coefficient (Wildman–Crippen LogP) is 2.92. The third-order valence-corrected chi connectivity index (χ3v) is 3.79. The number of fused-ring (bicyclic) bond motifs is 1. The average molecular weight is 284 g/mol. The molecule has 0 heterocycles. The Bertz CT molecular complexity index is 433. The van der Waals surface area contributed by atoms with E-state index in [1.807, 2.05) is 6.07 Å². The first-order valence-corrected chi connectivity index (χ1v) is 6.06. The largest absolute Gasteiger partial charge is 0.465 e. The molecule has 0 aromatic heterocycles. The molecule has 1 amide bonds. The number of carboxylic acid groups (broad SMARTS) is 1. The van der Waals surface area contributed by atoms with Crippen LogP contribution in [0.15, 0.2) is 22.7 Å². The maximum absolute atomic E-state index is 10.5. The van der Waals surface area contributed by atoms with Crippen molar-refractivity contribution in [1.29, 1.82) is 0 Å². The van der Waals surface area contributed by atoms with Crippen molar-refractivity contribution in [2.75, 3.05) is 6.54 Å². The van der Waals surface area contributed by atoms with E-state index in [1.165, 1.54) is 11.1 Å². The van der Waals surface area contributed by atoms with Gasteiger partial charge in [0.25, 0.3) is 0 Å². The minimum atomic E-state index is -0.952. The van der Waals surface area contributed by atoms with Crippen molar-refractivity contribution in [3.8, 4) is 0 Å². The number of hydrogen-bond acceptors (Lipinski definition) is 1. The van der Waals surface area contributed by atoms with E-state index in [0.717, 1.165) is 17.3 Å². The minimum Gasteiger partial charge on any atom is -0.465 e. The zero-order valence-electron chi connectivity index (χ0n) is 9.09. The van der Waals surface area contributed by atoms with Gasteiger partial charge in [0.05, 0.1) is 0 Å². The van der Waals surface area contributed by atoms with Gasteiger partial charge in [0.15, 0.2) is 0 Å². The van der Waals surface area contributed by atoms with Gasteiger partial charge < -0.3 is 10.4 Å². The highest BCUT2D eigenvalue weighted by Crippen LogP contribution is 2.39. The standard InChI is InChI=1S/C12H14BrNO2/c1-12(7-14-11(15)16)5-4-8-6-9(13)2-3-10(8)12/h2-3,6,14H,4-5,7H2,1H3,(H,15,16). The van der Waals surface area contributed by atoms with E-state index >= 15 is 0 Å². The van der Waals surface area contributed by atoms with Crippen molar-refractivity contribution in [1.82, 2.24) is 5.32 Å². The molecular formula is C12H14BrNO2. The highest BCUT2D eigenvalue weighted by atomic mass is 79.9. The molecule has 1 aromatic rings. The lowest BCUT2D eigenvalue weighted by Gasteiger charge is -2.25. The molecule has 4 heteroatoms. The molecule has 1 unspecified atom stereocenters. The van der Waals surface area contributed by atoms with E-state index in [9.17, 15) is 4.79 Å². The first-order chi connectivity index (χ1) is 7.51. The van der Waals surface area contributed by atoms with Crippen LogP contribution in [0.25, 0.3) is 0 Å². The van der Waals surface area contributed by atoms with Crippen LogP contribution < -0.4 is 5.32 Å². The van der Waals surface area contributed by atoms with Crippen molar-refractivity contribution in [2.24, 2.45) is 0 Å². The molecule has 0 radical (unpaired) electrons. The highest BCUT2D eigenvalue weighted by Gasteiger charge is 2.34. The van der Waals surface area contributed by atoms with Crippen LogP contribution in [-0.4, -0.2) is 17.7 Å². The molecule has 1 aliphatic carbocycles. The zero-order chi connectivity index (χ0) is 11.8. The lowest BCUT2D eigenvalue weighted by atomic mass is 9.84. The first kappa shape index (κ1) is 11.5. The van der Waals surface area contributed by atoms with Crippen LogP contribution in [0.3, 0.4) is 0 Å². The summed E-state index contributed by atoms with van der Waals surface area (Å²) in [6, 6.07) is 6.24. The number of rotatable bonds is 2. The van der Waals surface area contributed by atoms with Gasteiger partial charge in [0, 0.05) is 16.4 Å². The van der Waals surface area contributed by atoms with E-state index in [2.05, 4.69) is 40.3 Å². The fraction of sp³-hybridized carbons (Fsp3) is 0.417. The summed E-state index contributed by atoms with van der Waals surface area (Å²) in [7, 11) is 0. The topological polar surface area (TPSA) is 49.3 Å². The maximum atomic E-state index is 10.5. The van der Waals surface area contributed by atoms with Crippen LogP contribution >= 0.6 is 15.9 Å². The average Bonchev–Trinajstić information content (AvgIpc) is 2.54. The molecule has 0 saturated carbocycles. The van der Waals surface area contributed by atoms with Crippen molar-refractivity contribution >= 4 is 22.0 Å². The van der Waals surface area contributed by atoms with Gasteiger partial charge in [0.1, 0.15) is 0 Å². The zero-order valence-corrected chi connectivity index (χ0v) is 10.7. The van der Waals surface area contributed by atoms with Gasteiger partial charge in [-0.05, 0) is 36.1 Å². The summed E-state index contributed by atoms with van der Waals surface area (Å²) in [6.07, 6.45) is 1.07. The molecule has 0 fully saturated rings. The Kier molecular flexibility index (Phi) is 2.93. The molecule has 0 saturated heterocycles. The fourth-order valence-electron chi connectivity index (χ4n) is 2.36. The Morgan fingerprint density at radius 1 is 1.62 bits per heavy atom. The highest BCUT2D eigenvalue weighted by molar-refractivity contribution is 9.10. The van der Waals surface area contributed by atoms with E-state index < -0.39 is 6.09 Å². The second-order valence-corrected chi connectivity index (χ2v) is 5.44. The third kappa shape index (κ3) is 2.07. The molecule has 16 heavy (non-hydrogen) atoms. The first-order valence-electron chi connectivity index (χ1n) is 5.27. The Labute approximate surface area is 103 Å². The summed E-state index contributed by atoms with van der Waals surface area (Å²) in [5.74, 6) is 0. The Morgan fingerprint density at radius 2 is 2.38 bits per heavy atom. The number of amides is 1. The van der Waals surface area contributed by atoms with Gasteiger partial charge in [-0.3, -0.25) is 0 Å². The summed E-state index contributed by atoms with van der Waals surface area (Å²) in [4.78, 5) is 10.5. The van der Waals surface area contributed by atoms with Crippen molar-refractivity contribution in [3.05, 3.63) is 33.8 Å². The van der Waals surface area contributed by atoms with Crippen molar-refractivity contribution in [2.45, 2.75) is 25.2 Å². The molecule has 3 nitrogen and oxygen atoms in total. The van der Waals surface area contributed by atoms with Crippen LogP contribution in [0.5, 0.6) is 0 Å². The van der Waals surface area contributed by atoms with Gasteiger partial charge in [-0.1, -0.05) is 28.9 Å².